The zero-order chi connectivity index (χ0) is 9.07. The predicted molar refractivity (Wildman–Crippen MR) is 51.4 cm³/mol. The Morgan fingerprint density at radius 3 is 2.09 bits per heavy atom. The Hall–Kier alpha value is 0.883. The van der Waals surface area contributed by atoms with Gasteiger partial charge in [-0.15, -0.1) is 0 Å². The van der Waals surface area contributed by atoms with E-state index in [0.717, 1.165) is 0 Å². The standard InChI is InChI=1S/C5H10Cl3GeNO/c1-10(2)5(11)3-4-9(6,7)8/h3-4H2,1-2H3. The van der Waals surface area contributed by atoms with Crippen molar-refractivity contribution in [3.8, 4) is 0 Å². The fourth-order valence-corrected chi connectivity index (χ4v) is 2.99. The van der Waals surface area contributed by atoms with Crippen LogP contribution in [0.4, 0.5) is 0 Å². The Morgan fingerprint density at radius 1 is 1.36 bits per heavy atom. The minimum atomic E-state index is -3.05. The van der Waals surface area contributed by atoms with Crippen molar-refractivity contribution in [3.05, 3.63) is 0 Å². The molecule has 0 heterocycles. The molecule has 0 saturated carbocycles. The third-order valence-electron chi connectivity index (χ3n) is 1.12. The first-order valence-corrected chi connectivity index (χ1v) is 12.9. The molecule has 1 amide bonds. The first kappa shape index (κ1) is 11.9. The summed E-state index contributed by atoms with van der Waals surface area (Å²) in [4.78, 5) is 12.5. The van der Waals surface area contributed by atoms with Gasteiger partial charge in [0.05, 0.1) is 0 Å². The Balaban J connectivity index is 3.64. The van der Waals surface area contributed by atoms with Gasteiger partial charge in [-0.3, -0.25) is 0 Å². The fraction of sp³-hybridized carbons (Fsp3) is 0.800. The van der Waals surface area contributed by atoms with Crippen molar-refractivity contribution in [2.75, 3.05) is 14.1 Å². The number of rotatable bonds is 3. The molecular weight excluding hydrogens is 269 g/mol. The number of amides is 1. The van der Waals surface area contributed by atoms with Crippen LogP contribution in [0.1, 0.15) is 6.42 Å². The van der Waals surface area contributed by atoms with Gasteiger partial charge in [-0.25, -0.2) is 0 Å². The summed E-state index contributed by atoms with van der Waals surface area (Å²) in [6, 6.07) is 0. The molecule has 6 heteroatoms. The van der Waals surface area contributed by atoms with Gasteiger partial charge in [0.1, 0.15) is 0 Å². The summed E-state index contributed by atoms with van der Waals surface area (Å²) in [5, 5.41) is 0.446. The molecule has 0 aromatic carbocycles. The third kappa shape index (κ3) is 7.25. The van der Waals surface area contributed by atoms with E-state index in [1.807, 2.05) is 0 Å². The molecule has 0 rings (SSSR count). The van der Waals surface area contributed by atoms with Gasteiger partial charge in [0.15, 0.2) is 0 Å². The summed E-state index contributed by atoms with van der Waals surface area (Å²) < 4.78 is 0. The SMILES string of the molecule is CN(C)C(=O)C[CH2][Ge]([Cl])([Cl])[Cl]. The van der Waals surface area contributed by atoms with E-state index in [4.69, 9.17) is 30.0 Å². The van der Waals surface area contributed by atoms with Crippen LogP contribution in [0, 0.1) is 0 Å². The molecule has 0 radical (unpaired) electrons. The second-order valence-corrected chi connectivity index (χ2v) is 19.1. The van der Waals surface area contributed by atoms with Crippen LogP contribution in [0.3, 0.4) is 0 Å². The van der Waals surface area contributed by atoms with Gasteiger partial charge in [0, 0.05) is 0 Å². The molecule has 0 aromatic heterocycles. The van der Waals surface area contributed by atoms with Crippen LogP contribution in [-0.4, -0.2) is 35.4 Å². The van der Waals surface area contributed by atoms with E-state index in [0.29, 0.717) is 11.7 Å². The van der Waals surface area contributed by atoms with Crippen LogP contribution >= 0.6 is 30.0 Å². The van der Waals surface area contributed by atoms with Crippen LogP contribution in [0.15, 0.2) is 0 Å². The van der Waals surface area contributed by atoms with Gasteiger partial charge >= 0.3 is 81.9 Å². The summed E-state index contributed by atoms with van der Waals surface area (Å²) >= 11 is 0. The van der Waals surface area contributed by atoms with E-state index in [1.165, 1.54) is 4.90 Å². The van der Waals surface area contributed by atoms with Gasteiger partial charge in [-0.05, 0) is 0 Å². The summed E-state index contributed by atoms with van der Waals surface area (Å²) in [7, 11) is 17.2. The monoisotopic (exact) mass is 279 g/mol. The number of hydrogen-bond donors (Lipinski definition) is 0. The average Bonchev–Trinajstić information content (AvgIpc) is 1.80. The Kier molecular flexibility index (Phi) is 5.18. The van der Waals surface area contributed by atoms with Crippen molar-refractivity contribution < 1.29 is 4.79 Å². The Morgan fingerprint density at radius 2 is 1.82 bits per heavy atom. The van der Waals surface area contributed by atoms with Crippen LogP contribution in [0.2, 0.25) is 5.25 Å². The summed E-state index contributed by atoms with van der Waals surface area (Å²) in [5.41, 5.74) is 0. The van der Waals surface area contributed by atoms with Gasteiger partial charge in [-0.2, -0.15) is 0 Å². The van der Waals surface area contributed by atoms with Crippen LogP contribution < -0.4 is 0 Å². The molecule has 0 unspecified atom stereocenters. The van der Waals surface area contributed by atoms with E-state index in [9.17, 15) is 4.79 Å². The first-order valence-electron chi connectivity index (χ1n) is 3.10. The van der Waals surface area contributed by atoms with E-state index < -0.39 is 10.5 Å². The molecule has 0 aliphatic heterocycles. The summed E-state index contributed by atoms with van der Waals surface area (Å²) in [6.45, 7) is 0. The van der Waals surface area contributed by atoms with Crippen molar-refractivity contribution in [1.29, 1.82) is 0 Å². The molecule has 0 spiro atoms. The molecule has 0 aromatic rings. The molecule has 0 atom stereocenters. The third-order valence-corrected chi connectivity index (χ3v) is 5.78. The van der Waals surface area contributed by atoms with Crippen LogP contribution in [-0.2, 0) is 4.79 Å². The van der Waals surface area contributed by atoms with Gasteiger partial charge in [0.25, 0.3) is 0 Å². The van der Waals surface area contributed by atoms with Crippen LogP contribution in [0.5, 0.6) is 0 Å². The zero-order valence-electron chi connectivity index (χ0n) is 6.40. The second kappa shape index (κ2) is 4.80. The first-order chi connectivity index (χ1) is 4.83. The molecular formula is C5H10Cl3GeNO. The molecule has 0 N–H and O–H groups in total. The van der Waals surface area contributed by atoms with E-state index in [2.05, 4.69) is 0 Å². The van der Waals surface area contributed by atoms with Gasteiger partial charge in [-0.1, -0.05) is 0 Å². The maximum absolute atomic E-state index is 11.0. The molecule has 66 valence electrons. The Labute approximate surface area is 81.7 Å². The van der Waals surface area contributed by atoms with Crippen molar-refractivity contribution >= 4 is 46.4 Å². The van der Waals surface area contributed by atoms with E-state index >= 15 is 0 Å². The summed E-state index contributed by atoms with van der Waals surface area (Å²) in [5.74, 6) is 0.0157. The van der Waals surface area contributed by atoms with Crippen molar-refractivity contribution in [3.63, 3.8) is 0 Å². The predicted octanol–water partition coefficient (Wildman–Crippen LogP) is 2.12. The molecule has 11 heavy (non-hydrogen) atoms. The molecule has 0 saturated heterocycles. The minimum absolute atomic E-state index is 0.0157. The number of carbonyl (C=O) groups is 1. The normalized spacial score (nSPS) is 11.4. The quantitative estimate of drug-likeness (QED) is 0.725. The topological polar surface area (TPSA) is 20.3 Å². The van der Waals surface area contributed by atoms with E-state index in [-0.39, 0.29) is 5.91 Å². The molecule has 0 fully saturated rings. The molecule has 0 aliphatic carbocycles. The fourth-order valence-electron chi connectivity index (χ4n) is 0.472. The van der Waals surface area contributed by atoms with Crippen LogP contribution in [0.25, 0.3) is 0 Å². The zero-order valence-corrected chi connectivity index (χ0v) is 10.8. The number of halogens is 3. The maximum atomic E-state index is 11.0. The number of carbonyl (C=O) groups excluding carboxylic acids is 1. The Bertz CT molecular complexity index is 145. The van der Waals surface area contributed by atoms with Gasteiger partial charge in [0.2, 0.25) is 0 Å². The number of nitrogens with zero attached hydrogens (tertiary/aromatic N) is 1. The number of hydrogen-bond acceptors (Lipinski definition) is 1. The molecule has 0 bridgehead atoms. The van der Waals surface area contributed by atoms with Crippen molar-refractivity contribution in [2.24, 2.45) is 0 Å². The average molecular weight is 279 g/mol. The van der Waals surface area contributed by atoms with Crippen molar-refractivity contribution in [1.82, 2.24) is 4.90 Å². The van der Waals surface area contributed by atoms with Gasteiger partial charge < -0.3 is 0 Å². The summed E-state index contributed by atoms with van der Waals surface area (Å²) in [6.07, 6.45) is 0.351. The van der Waals surface area contributed by atoms with Crippen molar-refractivity contribution in [2.45, 2.75) is 11.7 Å². The molecule has 2 nitrogen and oxygen atoms in total. The molecule has 0 aliphatic rings. The van der Waals surface area contributed by atoms with E-state index in [1.54, 1.807) is 14.1 Å². The second-order valence-electron chi connectivity index (χ2n) is 2.40.